The predicted molar refractivity (Wildman–Crippen MR) is 73.8 cm³/mol. The zero-order chi connectivity index (χ0) is 16.9. The second kappa shape index (κ2) is 5.51. The molecule has 10 heteroatoms. The number of carbonyl (C=O) groups is 1. The van der Waals surface area contributed by atoms with Crippen LogP contribution in [0, 0.1) is 0 Å². The molecule has 0 radical (unpaired) electrons. The van der Waals surface area contributed by atoms with Gasteiger partial charge in [-0.3, -0.25) is 4.79 Å². The van der Waals surface area contributed by atoms with Crippen molar-refractivity contribution in [1.29, 1.82) is 0 Å². The molecule has 1 fully saturated rings. The molecule has 5 N–H and O–H groups in total. The van der Waals surface area contributed by atoms with E-state index in [-0.39, 0.29) is 16.0 Å². The van der Waals surface area contributed by atoms with Crippen LogP contribution in [0.15, 0.2) is 23.1 Å². The Balaban J connectivity index is 2.11. The molecule has 0 spiro atoms. The van der Waals surface area contributed by atoms with E-state index < -0.39 is 53.1 Å². The van der Waals surface area contributed by atoms with Gasteiger partial charge in [0, 0.05) is 5.56 Å². The minimum absolute atomic E-state index is 0.0299. The summed E-state index contributed by atoms with van der Waals surface area (Å²) in [4.78, 5) is 11.4. The molecule has 5 atom stereocenters. The molecule has 1 aromatic carbocycles. The van der Waals surface area contributed by atoms with E-state index in [1.165, 1.54) is 18.2 Å². The maximum atomic E-state index is 12.1. The SMILES string of the molecule is O=C1NS(=O)(=O)c2c1cccc2[C@@H]1O[C@H](CO)[C@H](O)[C@H](O)[C@H]1O. The molecular weight excluding hydrogens is 330 g/mol. The molecule has 2 heterocycles. The molecule has 9 nitrogen and oxygen atoms in total. The van der Waals surface area contributed by atoms with E-state index in [2.05, 4.69) is 0 Å². The molecule has 126 valence electrons. The van der Waals surface area contributed by atoms with Crippen molar-refractivity contribution in [3.8, 4) is 0 Å². The summed E-state index contributed by atoms with van der Waals surface area (Å²) >= 11 is 0. The highest BCUT2D eigenvalue weighted by molar-refractivity contribution is 7.90. The first kappa shape index (κ1) is 16.3. The van der Waals surface area contributed by atoms with E-state index in [0.29, 0.717) is 0 Å². The van der Waals surface area contributed by atoms with Crippen molar-refractivity contribution >= 4 is 15.9 Å². The first-order valence-electron chi connectivity index (χ1n) is 6.78. The molecule has 0 saturated carbocycles. The fourth-order valence-corrected chi connectivity index (χ4v) is 4.25. The molecule has 1 saturated heterocycles. The fourth-order valence-electron chi connectivity index (χ4n) is 2.84. The largest absolute Gasteiger partial charge is 0.394 e. The van der Waals surface area contributed by atoms with Gasteiger partial charge in [0.25, 0.3) is 15.9 Å². The van der Waals surface area contributed by atoms with Crippen LogP contribution in [0.4, 0.5) is 0 Å². The van der Waals surface area contributed by atoms with Crippen LogP contribution in [-0.4, -0.2) is 65.8 Å². The molecule has 2 aliphatic rings. The van der Waals surface area contributed by atoms with Gasteiger partial charge in [-0.1, -0.05) is 12.1 Å². The summed E-state index contributed by atoms with van der Waals surface area (Å²) in [5.41, 5.74) is -0.128. The van der Waals surface area contributed by atoms with Gasteiger partial charge >= 0.3 is 0 Å². The van der Waals surface area contributed by atoms with Crippen molar-refractivity contribution in [3.05, 3.63) is 29.3 Å². The normalized spacial score (nSPS) is 35.7. The Kier molecular flexibility index (Phi) is 3.91. The van der Waals surface area contributed by atoms with Crippen molar-refractivity contribution in [3.63, 3.8) is 0 Å². The number of sulfonamides is 1. The van der Waals surface area contributed by atoms with E-state index in [1.807, 2.05) is 4.72 Å². The van der Waals surface area contributed by atoms with E-state index in [9.17, 15) is 33.6 Å². The molecule has 2 aliphatic heterocycles. The lowest BCUT2D eigenvalue weighted by Gasteiger charge is -2.40. The number of hydrogen-bond donors (Lipinski definition) is 5. The number of carbonyl (C=O) groups excluding carboxylic acids is 1. The van der Waals surface area contributed by atoms with E-state index in [4.69, 9.17) is 4.74 Å². The van der Waals surface area contributed by atoms with Crippen LogP contribution in [-0.2, 0) is 14.8 Å². The Morgan fingerprint density at radius 2 is 1.83 bits per heavy atom. The second-order valence-electron chi connectivity index (χ2n) is 5.41. The lowest BCUT2D eigenvalue weighted by Crippen LogP contribution is -2.55. The third kappa shape index (κ3) is 2.43. The highest BCUT2D eigenvalue weighted by Gasteiger charge is 2.47. The number of aliphatic hydroxyl groups is 4. The van der Waals surface area contributed by atoms with Gasteiger partial charge in [0.1, 0.15) is 35.4 Å². The number of ether oxygens (including phenoxy) is 1. The van der Waals surface area contributed by atoms with Gasteiger partial charge in [0.05, 0.1) is 12.2 Å². The Hall–Kier alpha value is -1.56. The average molecular weight is 345 g/mol. The zero-order valence-electron chi connectivity index (χ0n) is 11.7. The van der Waals surface area contributed by atoms with Gasteiger partial charge in [0.2, 0.25) is 0 Å². The van der Waals surface area contributed by atoms with Gasteiger partial charge in [-0.2, -0.15) is 0 Å². The summed E-state index contributed by atoms with van der Waals surface area (Å²) in [7, 11) is -4.11. The summed E-state index contributed by atoms with van der Waals surface area (Å²) < 4.78 is 31.4. The number of fused-ring (bicyclic) bond motifs is 1. The Bertz CT molecular complexity index is 746. The lowest BCUT2D eigenvalue weighted by atomic mass is 9.90. The number of benzene rings is 1. The maximum Gasteiger partial charge on any atom is 0.266 e. The van der Waals surface area contributed by atoms with Crippen molar-refractivity contribution in [2.24, 2.45) is 0 Å². The molecule has 3 rings (SSSR count). The molecule has 0 aromatic heterocycles. The van der Waals surface area contributed by atoms with Gasteiger partial charge in [-0.15, -0.1) is 0 Å². The summed E-state index contributed by atoms with van der Waals surface area (Å²) in [6, 6.07) is 4.06. The van der Waals surface area contributed by atoms with Crippen LogP contribution in [0.1, 0.15) is 22.0 Å². The van der Waals surface area contributed by atoms with Crippen LogP contribution >= 0.6 is 0 Å². The Morgan fingerprint density at radius 3 is 2.48 bits per heavy atom. The van der Waals surface area contributed by atoms with Crippen molar-refractivity contribution in [2.45, 2.75) is 35.4 Å². The third-order valence-corrected chi connectivity index (χ3v) is 5.43. The number of aliphatic hydroxyl groups excluding tert-OH is 4. The standard InChI is InChI=1S/C13H15NO8S/c15-4-7-8(16)9(17)10(18)11(22-7)5-2-1-3-6-12(5)23(20,21)14-13(6)19/h1-3,7-11,15-18H,4H2,(H,14,19)/t7-,8+,9+,10-,11+/m1/s1. The minimum Gasteiger partial charge on any atom is -0.394 e. The average Bonchev–Trinajstić information content (AvgIpc) is 2.75. The highest BCUT2D eigenvalue weighted by atomic mass is 32.2. The first-order valence-corrected chi connectivity index (χ1v) is 8.27. The van der Waals surface area contributed by atoms with E-state index in [1.54, 1.807) is 0 Å². The topological polar surface area (TPSA) is 153 Å². The molecule has 1 aromatic rings. The summed E-state index contributed by atoms with van der Waals surface area (Å²) in [6.07, 6.45) is -7.34. The molecule has 0 bridgehead atoms. The Morgan fingerprint density at radius 1 is 1.13 bits per heavy atom. The molecular formula is C13H15NO8S. The van der Waals surface area contributed by atoms with Crippen molar-refractivity contribution in [2.75, 3.05) is 6.61 Å². The lowest BCUT2D eigenvalue weighted by molar-refractivity contribution is -0.232. The number of amides is 1. The maximum absolute atomic E-state index is 12.1. The minimum atomic E-state index is -4.11. The Labute approximate surface area is 131 Å². The predicted octanol–water partition coefficient (Wildman–Crippen LogP) is -2.37. The van der Waals surface area contributed by atoms with Crippen LogP contribution < -0.4 is 4.72 Å². The summed E-state index contributed by atoms with van der Waals surface area (Å²) in [6.45, 7) is -0.638. The van der Waals surface area contributed by atoms with Crippen molar-refractivity contribution < 1.29 is 38.4 Å². The molecule has 0 unspecified atom stereocenters. The number of nitrogens with one attached hydrogen (secondary N) is 1. The van der Waals surface area contributed by atoms with E-state index >= 15 is 0 Å². The zero-order valence-corrected chi connectivity index (χ0v) is 12.5. The third-order valence-electron chi connectivity index (χ3n) is 3.98. The number of rotatable bonds is 2. The highest BCUT2D eigenvalue weighted by Crippen LogP contribution is 2.38. The van der Waals surface area contributed by atoms with Crippen molar-refractivity contribution in [1.82, 2.24) is 4.72 Å². The van der Waals surface area contributed by atoms with Crippen LogP contribution in [0.25, 0.3) is 0 Å². The smallest absolute Gasteiger partial charge is 0.266 e. The van der Waals surface area contributed by atoms with Gasteiger partial charge in [0.15, 0.2) is 0 Å². The number of hydrogen-bond acceptors (Lipinski definition) is 8. The molecule has 0 aliphatic carbocycles. The van der Waals surface area contributed by atoms with E-state index in [0.717, 1.165) is 0 Å². The monoisotopic (exact) mass is 345 g/mol. The quantitative estimate of drug-likeness (QED) is 0.399. The van der Waals surface area contributed by atoms with Gasteiger partial charge < -0.3 is 25.2 Å². The second-order valence-corrected chi connectivity index (χ2v) is 7.03. The molecule has 23 heavy (non-hydrogen) atoms. The van der Waals surface area contributed by atoms with Gasteiger partial charge in [-0.05, 0) is 6.07 Å². The van der Waals surface area contributed by atoms with Crippen LogP contribution in [0.5, 0.6) is 0 Å². The molecule has 1 amide bonds. The van der Waals surface area contributed by atoms with Crippen LogP contribution in [0.2, 0.25) is 0 Å². The van der Waals surface area contributed by atoms with Crippen LogP contribution in [0.3, 0.4) is 0 Å². The summed E-state index contributed by atoms with van der Waals surface area (Å²) in [5, 5.41) is 38.9. The summed E-state index contributed by atoms with van der Waals surface area (Å²) in [5.74, 6) is -0.800. The first-order chi connectivity index (χ1) is 10.8. The van der Waals surface area contributed by atoms with Gasteiger partial charge in [-0.25, -0.2) is 13.1 Å². The fraction of sp³-hybridized carbons (Fsp3) is 0.462.